The molecule has 4 nitrogen and oxygen atoms in total. The van der Waals surface area contributed by atoms with Crippen molar-refractivity contribution in [2.45, 2.75) is 25.2 Å². The van der Waals surface area contributed by atoms with Crippen LogP contribution in [-0.2, 0) is 10.2 Å². The number of halogens is 1. The molecule has 1 amide bonds. The Hall–Kier alpha value is -2.82. The van der Waals surface area contributed by atoms with Gasteiger partial charge in [0.25, 0.3) is 0 Å². The number of aromatic amines is 1. The number of aryl methyl sites for hydroxylation is 1. The van der Waals surface area contributed by atoms with Gasteiger partial charge in [-0.3, -0.25) is 4.79 Å². The molecule has 0 unspecified atom stereocenters. The van der Waals surface area contributed by atoms with Crippen LogP contribution in [0.25, 0.3) is 10.9 Å². The summed E-state index contributed by atoms with van der Waals surface area (Å²) in [6.07, 6.45) is 1.81. The molecule has 1 aliphatic carbocycles. The van der Waals surface area contributed by atoms with Crippen molar-refractivity contribution >= 4 is 22.5 Å². The van der Waals surface area contributed by atoms with E-state index in [0.717, 1.165) is 29.4 Å². The fourth-order valence-electron chi connectivity index (χ4n) is 4.75. The van der Waals surface area contributed by atoms with Gasteiger partial charge in [-0.05, 0) is 43.5 Å². The molecule has 144 valence electrons. The Bertz CT molecular complexity index is 1040. The van der Waals surface area contributed by atoms with Gasteiger partial charge < -0.3 is 14.8 Å². The summed E-state index contributed by atoms with van der Waals surface area (Å²) in [4.78, 5) is 21.0. The first kappa shape index (κ1) is 17.3. The van der Waals surface area contributed by atoms with E-state index < -0.39 is 0 Å². The Morgan fingerprint density at radius 2 is 1.68 bits per heavy atom. The number of anilines is 1. The zero-order valence-corrected chi connectivity index (χ0v) is 16.0. The minimum absolute atomic E-state index is 0.199. The summed E-state index contributed by atoms with van der Waals surface area (Å²) < 4.78 is 14.1. The number of carbonyl (C=O) groups excluding carboxylic acids is 1. The number of aromatic nitrogens is 1. The van der Waals surface area contributed by atoms with Crippen molar-refractivity contribution in [1.29, 1.82) is 0 Å². The largest absolute Gasteiger partial charge is 0.366 e. The first-order valence-corrected chi connectivity index (χ1v) is 9.97. The maximum Gasteiger partial charge on any atom is 0.233 e. The SMILES string of the molecule is Cc1[nH]c2ccccc2c1C1(C(=O)N2CCN(c3ccccc3F)CC2)CC1. The second-order valence-corrected chi connectivity index (χ2v) is 7.98. The Kier molecular flexibility index (Phi) is 3.93. The van der Waals surface area contributed by atoms with Crippen LogP contribution in [0.2, 0.25) is 0 Å². The summed E-state index contributed by atoms with van der Waals surface area (Å²) in [5, 5.41) is 1.16. The topological polar surface area (TPSA) is 39.3 Å². The maximum absolute atomic E-state index is 14.1. The number of piperazine rings is 1. The molecule has 1 saturated heterocycles. The molecule has 28 heavy (non-hydrogen) atoms. The van der Waals surface area contributed by atoms with E-state index in [2.05, 4.69) is 24.0 Å². The lowest BCUT2D eigenvalue weighted by molar-refractivity contribution is -0.134. The summed E-state index contributed by atoms with van der Waals surface area (Å²) in [6.45, 7) is 4.66. The molecule has 0 spiro atoms. The van der Waals surface area contributed by atoms with E-state index in [1.165, 1.54) is 11.6 Å². The van der Waals surface area contributed by atoms with Crippen molar-refractivity contribution in [3.8, 4) is 0 Å². The first-order chi connectivity index (χ1) is 13.6. The molecule has 2 fully saturated rings. The number of nitrogens with zero attached hydrogens (tertiary/aromatic N) is 2. The van der Waals surface area contributed by atoms with Crippen LogP contribution >= 0.6 is 0 Å². The molecule has 2 aromatic carbocycles. The van der Waals surface area contributed by atoms with Gasteiger partial charge in [0.2, 0.25) is 5.91 Å². The molecular weight excluding hydrogens is 353 g/mol. The van der Waals surface area contributed by atoms with Crippen LogP contribution in [0.15, 0.2) is 48.5 Å². The third-order valence-electron chi connectivity index (χ3n) is 6.29. The van der Waals surface area contributed by atoms with Crippen LogP contribution in [0, 0.1) is 12.7 Å². The Morgan fingerprint density at radius 1 is 1.00 bits per heavy atom. The van der Waals surface area contributed by atoms with Crippen molar-refractivity contribution < 1.29 is 9.18 Å². The number of nitrogens with one attached hydrogen (secondary N) is 1. The zero-order valence-electron chi connectivity index (χ0n) is 16.0. The van der Waals surface area contributed by atoms with Gasteiger partial charge in [-0.2, -0.15) is 0 Å². The molecular formula is C23H24FN3O. The van der Waals surface area contributed by atoms with Crippen molar-refractivity contribution in [2.75, 3.05) is 31.1 Å². The first-order valence-electron chi connectivity index (χ1n) is 9.97. The molecule has 0 radical (unpaired) electrons. The highest BCUT2D eigenvalue weighted by Crippen LogP contribution is 2.53. The number of carbonyl (C=O) groups is 1. The summed E-state index contributed by atoms with van der Waals surface area (Å²) in [7, 11) is 0. The average molecular weight is 377 g/mol. The summed E-state index contributed by atoms with van der Waals surface area (Å²) in [5.74, 6) is 0.0314. The fraction of sp³-hybridized carbons (Fsp3) is 0.348. The van der Waals surface area contributed by atoms with Gasteiger partial charge in [0.05, 0.1) is 11.1 Å². The molecule has 5 heteroatoms. The fourth-order valence-corrected chi connectivity index (χ4v) is 4.75. The Morgan fingerprint density at radius 3 is 2.39 bits per heavy atom. The number of amides is 1. The minimum atomic E-state index is -0.385. The van der Waals surface area contributed by atoms with Crippen molar-refractivity contribution in [3.63, 3.8) is 0 Å². The predicted molar refractivity (Wildman–Crippen MR) is 109 cm³/mol. The number of hydrogen-bond donors (Lipinski definition) is 1. The smallest absolute Gasteiger partial charge is 0.233 e. The van der Waals surface area contributed by atoms with Gasteiger partial charge in [-0.15, -0.1) is 0 Å². The van der Waals surface area contributed by atoms with E-state index in [9.17, 15) is 9.18 Å². The van der Waals surface area contributed by atoms with Gasteiger partial charge in [-0.1, -0.05) is 30.3 Å². The number of para-hydroxylation sites is 2. The number of hydrogen-bond acceptors (Lipinski definition) is 2. The number of benzene rings is 2. The lowest BCUT2D eigenvalue weighted by Gasteiger charge is -2.38. The Balaban J connectivity index is 1.37. The second kappa shape index (κ2) is 6.36. The maximum atomic E-state index is 14.1. The molecule has 1 saturated carbocycles. The van der Waals surface area contributed by atoms with Crippen LogP contribution in [0.5, 0.6) is 0 Å². The zero-order chi connectivity index (χ0) is 19.3. The highest BCUT2D eigenvalue weighted by Gasteiger charge is 2.55. The summed E-state index contributed by atoms with van der Waals surface area (Å²) >= 11 is 0. The quantitative estimate of drug-likeness (QED) is 0.749. The van der Waals surface area contributed by atoms with Crippen LogP contribution < -0.4 is 4.90 Å². The predicted octanol–water partition coefficient (Wildman–Crippen LogP) is 4.00. The van der Waals surface area contributed by atoms with Gasteiger partial charge in [0.15, 0.2) is 0 Å². The highest BCUT2D eigenvalue weighted by atomic mass is 19.1. The number of fused-ring (bicyclic) bond motifs is 1. The molecule has 1 N–H and O–H groups in total. The number of H-pyrrole nitrogens is 1. The molecule has 2 aliphatic rings. The van der Waals surface area contributed by atoms with Gasteiger partial charge >= 0.3 is 0 Å². The molecule has 1 aromatic heterocycles. The van der Waals surface area contributed by atoms with E-state index in [4.69, 9.17) is 0 Å². The van der Waals surface area contributed by atoms with E-state index in [-0.39, 0.29) is 17.1 Å². The Labute approximate surface area is 163 Å². The summed E-state index contributed by atoms with van der Waals surface area (Å²) in [5.41, 5.74) is 3.60. The van der Waals surface area contributed by atoms with Gasteiger partial charge in [0.1, 0.15) is 5.82 Å². The molecule has 3 aromatic rings. The molecule has 5 rings (SSSR count). The standard InChI is InChI=1S/C23H24FN3O/c1-16-21(17-6-2-4-8-19(17)25-16)23(10-11-23)22(28)27-14-12-26(13-15-27)20-9-5-3-7-18(20)24/h2-9,25H,10-15H2,1H3. The molecule has 0 bridgehead atoms. The van der Waals surface area contributed by atoms with Crippen LogP contribution in [-0.4, -0.2) is 42.0 Å². The van der Waals surface area contributed by atoms with Crippen molar-refractivity contribution in [1.82, 2.24) is 9.88 Å². The lowest BCUT2D eigenvalue weighted by Crippen LogP contribution is -2.51. The third kappa shape index (κ3) is 2.60. The third-order valence-corrected chi connectivity index (χ3v) is 6.29. The van der Waals surface area contributed by atoms with Gasteiger partial charge in [0, 0.05) is 42.8 Å². The second-order valence-electron chi connectivity index (χ2n) is 7.98. The van der Waals surface area contributed by atoms with E-state index in [1.54, 1.807) is 6.07 Å². The van der Waals surface area contributed by atoms with Crippen LogP contribution in [0.1, 0.15) is 24.1 Å². The monoisotopic (exact) mass is 377 g/mol. The van der Waals surface area contributed by atoms with Crippen LogP contribution in [0.3, 0.4) is 0 Å². The highest BCUT2D eigenvalue weighted by molar-refractivity contribution is 5.98. The van der Waals surface area contributed by atoms with Crippen molar-refractivity contribution in [3.05, 3.63) is 65.6 Å². The molecule has 0 atom stereocenters. The van der Waals surface area contributed by atoms with E-state index in [1.807, 2.05) is 34.1 Å². The van der Waals surface area contributed by atoms with E-state index >= 15 is 0 Å². The molecule has 1 aliphatic heterocycles. The van der Waals surface area contributed by atoms with Crippen LogP contribution in [0.4, 0.5) is 10.1 Å². The van der Waals surface area contributed by atoms with Crippen molar-refractivity contribution in [2.24, 2.45) is 0 Å². The lowest BCUT2D eigenvalue weighted by atomic mass is 9.91. The van der Waals surface area contributed by atoms with E-state index in [0.29, 0.717) is 31.9 Å². The van der Waals surface area contributed by atoms with Gasteiger partial charge in [-0.25, -0.2) is 4.39 Å². The normalized spacial score (nSPS) is 18.5. The number of rotatable bonds is 3. The molecule has 2 heterocycles. The average Bonchev–Trinajstić information content (AvgIpc) is 3.44. The minimum Gasteiger partial charge on any atom is -0.366 e. The summed E-state index contributed by atoms with van der Waals surface area (Å²) in [6, 6.07) is 15.1.